The van der Waals surface area contributed by atoms with E-state index < -0.39 is 11.2 Å². The van der Waals surface area contributed by atoms with E-state index >= 15 is 0 Å². The first-order valence-corrected chi connectivity index (χ1v) is 10.3. The molecule has 1 radical (unpaired) electrons. The van der Waals surface area contributed by atoms with E-state index in [4.69, 9.17) is 4.74 Å². The third kappa shape index (κ3) is 6.36. The summed E-state index contributed by atoms with van der Waals surface area (Å²) in [5.74, 6) is -0.273. The quantitative estimate of drug-likeness (QED) is 0.763. The van der Waals surface area contributed by atoms with E-state index in [2.05, 4.69) is 0 Å². The second-order valence-corrected chi connectivity index (χ2v) is 10.0. The van der Waals surface area contributed by atoms with E-state index in [1.807, 2.05) is 52.9 Å². The zero-order valence-corrected chi connectivity index (χ0v) is 18.9. The maximum Gasteiger partial charge on any atom is 0.410 e. The molecular weight excluding hydrogens is 370 g/mol. The molecule has 5 nitrogen and oxygen atoms in total. The number of amides is 1. The lowest BCUT2D eigenvalue weighted by atomic mass is 9.56. The Morgan fingerprint density at radius 2 is 1.69 bits per heavy atom. The van der Waals surface area contributed by atoms with E-state index in [1.54, 1.807) is 24.8 Å². The van der Waals surface area contributed by atoms with E-state index in [0.29, 0.717) is 38.2 Å². The molecule has 2 rings (SSSR count). The summed E-state index contributed by atoms with van der Waals surface area (Å²) in [5, 5.41) is 10.3. The molecule has 1 aliphatic heterocycles. The van der Waals surface area contributed by atoms with Gasteiger partial charge in [-0.15, -0.1) is 0 Å². The van der Waals surface area contributed by atoms with Crippen molar-refractivity contribution < 1.29 is 19.0 Å². The molecule has 29 heavy (non-hydrogen) atoms. The predicted molar refractivity (Wildman–Crippen MR) is 117 cm³/mol. The van der Waals surface area contributed by atoms with E-state index in [1.165, 1.54) is 6.07 Å². The molecule has 1 heterocycles. The van der Waals surface area contributed by atoms with Crippen molar-refractivity contribution in [3.8, 4) is 0 Å². The zero-order chi connectivity index (χ0) is 22.0. The molecular formula is C22H35BFN2O3. The van der Waals surface area contributed by atoms with Gasteiger partial charge in [0.2, 0.25) is 0 Å². The standard InChI is InChI=1S/C22H35BFN2O3/c1-20(2,3)29-19(27)26-12-10-25(11-13-26)18-9-8-16(14-17(18)24)23-15-21(4,5)22(6,7)28/h8-9,14,28H,10-13,15H2,1-7H3. The summed E-state index contributed by atoms with van der Waals surface area (Å²) < 4.78 is 20.2. The van der Waals surface area contributed by atoms with Crippen molar-refractivity contribution in [2.45, 2.75) is 66.0 Å². The van der Waals surface area contributed by atoms with E-state index in [9.17, 15) is 14.3 Å². The summed E-state index contributed by atoms with van der Waals surface area (Å²) in [6.07, 6.45) is 0.320. The summed E-state index contributed by atoms with van der Waals surface area (Å²) in [5.41, 5.74) is -0.314. The predicted octanol–water partition coefficient (Wildman–Crippen LogP) is 3.43. The van der Waals surface area contributed by atoms with Crippen LogP contribution in [-0.2, 0) is 4.74 Å². The van der Waals surface area contributed by atoms with E-state index in [0.717, 1.165) is 5.46 Å². The Kier molecular flexibility index (Phi) is 6.93. The van der Waals surface area contributed by atoms with E-state index in [-0.39, 0.29) is 17.3 Å². The molecule has 0 bridgehead atoms. The molecule has 161 valence electrons. The lowest BCUT2D eigenvalue weighted by molar-refractivity contribution is -0.0236. The van der Waals surface area contributed by atoms with Crippen LogP contribution in [-0.4, -0.2) is 60.8 Å². The minimum absolute atomic E-state index is 0.273. The molecule has 7 heteroatoms. The van der Waals surface area contributed by atoms with Crippen LogP contribution < -0.4 is 10.4 Å². The van der Waals surface area contributed by atoms with Crippen LogP contribution in [0.3, 0.4) is 0 Å². The Hall–Kier alpha value is -1.76. The molecule has 0 unspecified atom stereocenters. The van der Waals surface area contributed by atoms with Crippen molar-refractivity contribution in [3.63, 3.8) is 0 Å². The number of nitrogens with zero attached hydrogens (tertiary/aromatic N) is 2. The number of piperazine rings is 1. The first kappa shape index (κ1) is 23.5. The Morgan fingerprint density at radius 1 is 1.10 bits per heavy atom. The van der Waals surface area contributed by atoms with Gasteiger partial charge in [0, 0.05) is 26.2 Å². The van der Waals surface area contributed by atoms with Crippen molar-refractivity contribution in [1.82, 2.24) is 4.90 Å². The Bertz CT molecular complexity index is 718. The molecule has 1 N–H and O–H groups in total. The van der Waals surface area contributed by atoms with Gasteiger partial charge in [0.15, 0.2) is 7.28 Å². The third-order valence-electron chi connectivity index (χ3n) is 5.75. The molecule has 1 fully saturated rings. The van der Waals surface area contributed by atoms with Gasteiger partial charge in [-0.25, -0.2) is 9.18 Å². The fraction of sp³-hybridized carbons (Fsp3) is 0.682. The monoisotopic (exact) mass is 405 g/mol. The van der Waals surface area contributed by atoms with Crippen LogP contribution in [0.25, 0.3) is 0 Å². The first-order chi connectivity index (χ1) is 13.2. The number of halogens is 1. The van der Waals surface area contributed by atoms with Crippen molar-refractivity contribution in [2.75, 3.05) is 31.1 Å². The number of hydrogen-bond donors (Lipinski definition) is 1. The van der Waals surface area contributed by atoms with Gasteiger partial charge in [-0.2, -0.15) is 0 Å². The van der Waals surface area contributed by atoms with Crippen LogP contribution in [0.2, 0.25) is 6.32 Å². The molecule has 0 spiro atoms. The number of anilines is 1. The molecule has 0 saturated carbocycles. The Morgan fingerprint density at radius 3 is 2.17 bits per heavy atom. The first-order valence-electron chi connectivity index (χ1n) is 10.3. The van der Waals surface area contributed by atoms with Gasteiger partial charge in [0.1, 0.15) is 11.4 Å². The van der Waals surface area contributed by atoms with Gasteiger partial charge in [0.25, 0.3) is 0 Å². The van der Waals surface area contributed by atoms with Crippen LogP contribution in [0, 0.1) is 11.2 Å². The Labute approximate surface area is 175 Å². The topological polar surface area (TPSA) is 53.0 Å². The summed E-state index contributed by atoms with van der Waals surface area (Å²) in [6, 6.07) is 5.23. The van der Waals surface area contributed by atoms with Gasteiger partial charge in [-0.1, -0.05) is 31.7 Å². The fourth-order valence-electron chi connectivity index (χ4n) is 2.99. The van der Waals surface area contributed by atoms with Crippen LogP contribution in [0.4, 0.5) is 14.9 Å². The van der Waals surface area contributed by atoms with Gasteiger partial charge in [-0.05, 0) is 52.2 Å². The summed E-state index contributed by atoms with van der Waals surface area (Å²) in [7, 11) is 1.96. The number of carbonyl (C=O) groups excluding carboxylic acids is 1. The fourth-order valence-corrected chi connectivity index (χ4v) is 2.99. The van der Waals surface area contributed by atoms with Crippen molar-refractivity contribution >= 4 is 24.5 Å². The number of aliphatic hydroxyl groups is 1. The largest absolute Gasteiger partial charge is 0.444 e. The van der Waals surface area contributed by atoms with Crippen LogP contribution in [0.1, 0.15) is 48.5 Å². The third-order valence-corrected chi connectivity index (χ3v) is 5.75. The van der Waals surface area contributed by atoms with Gasteiger partial charge >= 0.3 is 6.09 Å². The molecule has 1 aromatic rings. The van der Waals surface area contributed by atoms with Crippen molar-refractivity contribution in [2.24, 2.45) is 5.41 Å². The van der Waals surface area contributed by atoms with Crippen molar-refractivity contribution in [1.29, 1.82) is 0 Å². The molecule has 0 aromatic heterocycles. The number of rotatable bonds is 5. The molecule has 1 amide bonds. The van der Waals surface area contributed by atoms with Crippen LogP contribution in [0.15, 0.2) is 18.2 Å². The van der Waals surface area contributed by atoms with Crippen molar-refractivity contribution in [3.05, 3.63) is 24.0 Å². The van der Waals surface area contributed by atoms with Gasteiger partial charge in [0.05, 0.1) is 11.3 Å². The second kappa shape index (κ2) is 8.54. The lowest BCUT2D eigenvalue weighted by Crippen LogP contribution is -2.50. The van der Waals surface area contributed by atoms with Crippen LogP contribution >= 0.6 is 0 Å². The lowest BCUT2D eigenvalue weighted by Gasteiger charge is -2.37. The maximum atomic E-state index is 14.8. The minimum atomic E-state index is -0.824. The second-order valence-electron chi connectivity index (χ2n) is 10.0. The number of benzene rings is 1. The summed E-state index contributed by atoms with van der Waals surface area (Å²) in [4.78, 5) is 15.8. The highest BCUT2D eigenvalue weighted by molar-refractivity contribution is 6.53. The molecule has 1 aliphatic rings. The zero-order valence-electron chi connectivity index (χ0n) is 18.9. The highest BCUT2D eigenvalue weighted by Gasteiger charge is 2.34. The smallest absolute Gasteiger partial charge is 0.410 e. The highest BCUT2D eigenvalue weighted by atomic mass is 19.1. The molecule has 1 aromatic carbocycles. The molecule has 0 aliphatic carbocycles. The molecule has 1 saturated heterocycles. The number of ether oxygens (including phenoxy) is 1. The SMILES string of the molecule is CC(C)(C)OC(=O)N1CCN(c2ccc([B]CC(C)(C)C(C)(C)O)cc2F)CC1. The number of carbonyl (C=O) groups is 1. The highest BCUT2D eigenvalue weighted by Crippen LogP contribution is 2.34. The maximum absolute atomic E-state index is 14.8. The number of hydrogen-bond acceptors (Lipinski definition) is 4. The molecule has 0 atom stereocenters. The Balaban J connectivity index is 1.95. The van der Waals surface area contributed by atoms with Crippen LogP contribution in [0.5, 0.6) is 0 Å². The normalized spacial score (nSPS) is 16.0. The summed E-state index contributed by atoms with van der Waals surface area (Å²) >= 11 is 0. The van der Waals surface area contributed by atoms with Gasteiger partial charge in [-0.3, -0.25) is 0 Å². The average molecular weight is 405 g/mol. The summed E-state index contributed by atoms with van der Waals surface area (Å²) in [6.45, 7) is 15.2. The minimum Gasteiger partial charge on any atom is -0.444 e. The average Bonchev–Trinajstić information content (AvgIpc) is 2.58. The van der Waals surface area contributed by atoms with Gasteiger partial charge < -0.3 is 19.6 Å².